The van der Waals surface area contributed by atoms with Crippen molar-refractivity contribution in [2.24, 2.45) is 0 Å². The van der Waals surface area contributed by atoms with Gasteiger partial charge in [-0.05, 0) is 13.0 Å². The van der Waals surface area contributed by atoms with Gasteiger partial charge in [0.25, 0.3) is 0 Å². The third kappa shape index (κ3) is 5.03. The van der Waals surface area contributed by atoms with Crippen LogP contribution in [-0.4, -0.2) is 28.5 Å². The SMILES string of the molecule is CCOC(=O)CC(=O)Nc1nccc(C(C)(C)C)n1. The van der Waals surface area contributed by atoms with Gasteiger partial charge in [0.1, 0.15) is 6.42 Å². The molecule has 1 N–H and O–H groups in total. The van der Waals surface area contributed by atoms with Crippen molar-refractivity contribution in [2.45, 2.75) is 39.5 Å². The van der Waals surface area contributed by atoms with Crippen molar-refractivity contribution in [1.29, 1.82) is 0 Å². The molecule has 0 aliphatic rings. The van der Waals surface area contributed by atoms with Gasteiger partial charge in [-0.3, -0.25) is 14.9 Å². The minimum absolute atomic E-state index is 0.135. The highest BCUT2D eigenvalue weighted by Crippen LogP contribution is 2.20. The molecule has 1 rings (SSSR count). The molecule has 0 atom stereocenters. The number of hydrogen-bond acceptors (Lipinski definition) is 5. The van der Waals surface area contributed by atoms with Crippen LogP contribution in [0.3, 0.4) is 0 Å². The highest BCUT2D eigenvalue weighted by atomic mass is 16.5. The average molecular weight is 265 g/mol. The van der Waals surface area contributed by atoms with Crippen molar-refractivity contribution in [1.82, 2.24) is 9.97 Å². The maximum atomic E-state index is 11.6. The van der Waals surface area contributed by atoms with E-state index in [1.54, 1.807) is 19.2 Å². The number of nitrogens with zero attached hydrogens (tertiary/aromatic N) is 2. The highest BCUT2D eigenvalue weighted by Gasteiger charge is 2.17. The Balaban J connectivity index is 2.67. The van der Waals surface area contributed by atoms with E-state index < -0.39 is 11.9 Å². The molecule has 0 spiro atoms. The molecule has 104 valence electrons. The van der Waals surface area contributed by atoms with Gasteiger partial charge < -0.3 is 4.74 Å². The number of aromatic nitrogens is 2. The summed E-state index contributed by atoms with van der Waals surface area (Å²) in [5.41, 5.74) is 0.678. The van der Waals surface area contributed by atoms with Crippen LogP contribution in [0.1, 0.15) is 39.8 Å². The third-order valence-electron chi connectivity index (χ3n) is 2.29. The van der Waals surface area contributed by atoms with E-state index in [2.05, 4.69) is 20.0 Å². The molecule has 0 bridgehead atoms. The lowest BCUT2D eigenvalue weighted by Crippen LogP contribution is -2.21. The van der Waals surface area contributed by atoms with Gasteiger partial charge in [-0.1, -0.05) is 20.8 Å². The van der Waals surface area contributed by atoms with Gasteiger partial charge in [0.05, 0.1) is 12.3 Å². The molecule has 0 saturated carbocycles. The van der Waals surface area contributed by atoms with Crippen LogP contribution in [0.2, 0.25) is 0 Å². The second-order valence-corrected chi connectivity index (χ2v) is 5.05. The molecular weight excluding hydrogens is 246 g/mol. The number of hydrogen-bond donors (Lipinski definition) is 1. The summed E-state index contributed by atoms with van der Waals surface area (Å²) in [6.45, 7) is 7.98. The van der Waals surface area contributed by atoms with Crippen LogP contribution >= 0.6 is 0 Å². The number of rotatable bonds is 4. The number of anilines is 1. The molecule has 0 fully saturated rings. The van der Waals surface area contributed by atoms with Gasteiger partial charge in [0.15, 0.2) is 0 Å². The maximum Gasteiger partial charge on any atom is 0.315 e. The number of carbonyl (C=O) groups excluding carboxylic acids is 2. The van der Waals surface area contributed by atoms with Crippen LogP contribution in [-0.2, 0) is 19.7 Å². The van der Waals surface area contributed by atoms with E-state index in [0.717, 1.165) is 5.69 Å². The Labute approximate surface area is 112 Å². The fraction of sp³-hybridized carbons (Fsp3) is 0.538. The van der Waals surface area contributed by atoms with Crippen LogP contribution < -0.4 is 5.32 Å². The molecule has 0 unspecified atom stereocenters. The zero-order valence-electron chi connectivity index (χ0n) is 11.7. The molecule has 0 saturated heterocycles. The monoisotopic (exact) mass is 265 g/mol. The molecular formula is C13H19N3O3. The second kappa shape index (κ2) is 6.26. The number of carbonyl (C=O) groups is 2. The zero-order chi connectivity index (χ0) is 14.5. The summed E-state index contributed by atoms with van der Waals surface area (Å²) in [5.74, 6) is -0.849. The van der Waals surface area contributed by atoms with Crippen LogP contribution in [0.25, 0.3) is 0 Å². The van der Waals surface area contributed by atoms with Gasteiger partial charge in [-0.15, -0.1) is 0 Å². The lowest BCUT2D eigenvalue weighted by molar-refractivity contribution is -0.145. The third-order valence-corrected chi connectivity index (χ3v) is 2.29. The first kappa shape index (κ1) is 15.1. The molecule has 19 heavy (non-hydrogen) atoms. The molecule has 1 aromatic heterocycles. The van der Waals surface area contributed by atoms with Gasteiger partial charge in [0, 0.05) is 11.6 Å². The lowest BCUT2D eigenvalue weighted by atomic mass is 9.92. The Morgan fingerprint density at radius 2 is 2.05 bits per heavy atom. The van der Waals surface area contributed by atoms with E-state index >= 15 is 0 Å². The van der Waals surface area contributed by atoms with Crippen molar-refractivity contribution in [3.05, 3.63) is 18.0 Å². The smallest absolute Gasteiger partial charge is 0.315 e. The van der Waals surface area contributed by atoms with Crippen molar-refractivity contribution in [3.63, 3.8) is 0 Å². The Bertz CT molecular complexity index is 466. The lowest BCUT2D eigenvalue weighted by Gasteiger charge is -2.17. The largest absolute Gasteiger partial charge is 0.466 e. The van der Waals surface area contributed by atoms with Crippen LogP contribution in [0, 0.1) is 0 Å². The molecule has 0 aromatic carbocycles. The van der Waals surface area contributed by atoms with E-state index in [9.17, 15) is 9.59 Å². The van der Waals surface area contributed by atoms with Crippen LogP contribution in [0.15, 0.2) is 12.3 Å². The molecule has 6 nitrogen and oxygen atoms in total. The Morgan fingerprint density at radius 1 is 1.37 bits per heavy atom. The fourth-order valence-electron chi connectivity index (χ4n) is 1.35. The van der Waals surface area contributed by atoms with Crippen molar-refractivity contribution in [2.75, 3.05) is 11.9 Å². The van der Waals surface area contributed by atoms with E-state index in [4.69, 9.17) is 0 Å². The molecule has 6 heteroatoms. The van der Waals surface area contributed by atoms with Crippen molar-refractivity contribution >= 4 is 17.8 Å². The number of nitrogens with one attached hydrogen (secondary N) is 1. The number of ether oxygens (including phenoxy) is 1. The Hall–Kier alpha value is -1.98. The minimum atomic E-state index is -0.563. The number of esters is 1. The summed E-state index contributed by atoms with van der Waals surface area (Å²) in [6, 6.07) is 1.79. The molecule has 1 heterocycles. The predicted molar refractivity (Wildman–Crippen MR) is 70.6 cm³/mol. The summed E-state index contributed by atoms with van der Waals surface area (Å²) >= 11 is 0. The second-order valence-electron chi connectivity index (χ2n) is 5.05. The first-order valence-corrected chi connectivity index (χ1v) is 6.12. The van der Waals surface area contributed by atoms with E-state index in [1.165, 1.54) is 0 Å². The average Bonchev–Trinajstić information content (AvgIpc) is 2.28. The summed E-state index contributed by atoms with van der Waals surface area (Å²) in [4.78, 5) is 30.9. The molecule has 0 radical (unpaired) electrons. The van der Waals surface area contributed by atoms with E-state index in [0.29, 0.717) is 0 Å². The number of amides is 1. The molecule has 1 amide bonds. The summed E-state index contributed by atoms with van der Waals surface area (Å²) in [7, 11) is 0. The van der Waals surface area contributed by atoms with Gasteiger partial charge in [-0.2, -0.15) is 0 Å². The topological polar surface area (TPSA) is 81.2 Å². The van der Waals surface area contributed by atoms with Gasteiger partial charge in [-0.25, -0.2) is 9.97 Å². The van der Waals surface area contributed by atoms with Gasteiger partial charge in [0.2, 0.25) is 11.9 Å². The molecule has 0 aliphatic heterocycles. The molecule has 0 aliphatic carbocycles. The van der Waals surface area contributed by atoms with E-state index in [-0.39, 0.29) is 24.4 Å². The first-order chi connectivity index (χ1) is 8.82. The Morgan fingerprint density at radius 3 is 2.63 bits per heavy atom. The Kier molecular flexibility index (Phi) is 4.97. The standard InChI is InChI=1S/C13H19N3O3/c1-5-19-11(18)8-10(17)16-12-14-7-6-9(15-12)13(2,3)4/h6-7H,5,8H2,1-4H3,(H,14,15,16,17). The quantitative estimate of drug-likeness (QED) is 0.661. The fourth-order valence-corrected chi connectivity index (χ4v) is 1.35. The van der Waals surface area contributed by atoms with Gasteiger partial charge >= 0.3 is 5.97 Å². The highest BCUT2D eigenvalue weighted by molar-refractivity contribution is 6.01. The van der Waals surface area contributed by atoms with Crippen LogP contribution in [0.5, 0.6) is 0 Å². The first-order valence-electron chi connectivity index (χ1n) is 6.12. The summed E-state index contributed by atoms with van der Waals surface area (Å²) < 4.78 is 4.69. The maximum absolute atomic E-state index is 11.6. The van der Waals surface area contributed by atoms with Crippen LogP contribution in [0.4, 0.5) is 5.95 Å². The zero-order valence-corrected chi connectivity index (χ0v) is 11.7. The van der Waals surface area contributed by atoms with Crippen molar-refractivity contribution in [3.8, 4) is 0 Å². The predicted octanol–water partition coefficient (Wildman–Crippen LogP) is 1.67. The van der Waals surface area contributed by atoms with Crippen molar-refractivity contribution < 1.29 is 14.3 Å². The summed E-state index contributed by atoms with van der Waals surface area (Å²) in [5, 5.41) is 2.48. The normalized spacial score (nSPS) is 10.9. The minimum Gasteiger partial charge on any atom is -0.466 e. The van der Waals surface area contributed by atoms with E-state index in [1.807, 2.05) is 20.8 Å². The molecule has 1 aromatic rings. The summed E-state index contributed by atoms with van der Waals surface area (Å²) in [6.07, 6.45) is 1.24.